The summed E-state index contributed by atoms with van der Waals surface area (Å²) in [6.45, 7) is 2.77. The van der Waals surface area contributed by atoms with Crippen LogP contribution in [-0.2, 0) is 21.3 Å². The summed E-state index contributed by atoms with van der Waals surface area (Å²) in [7, 11) is -1.62. The van der Waals surface area contributed by atoms with E-state index >= 15 is 0 Å². The molecule has 8 heteroatoms. The van der Waals surface area contributed by atoms with Gasteiger partial charge in [-0.2, -0.15) is 0 Å². The van der Waals surface area contributed by atoms with Gasteiger partial charge in [0.2, 0.25) is 0 Å². The minimum absolute atomic E-state index is 0.00105. The summed E-state index contributed by atoms with van der Waals surface area (Å²) in [5.41, 5.74) is 6.24. The van der Waals surface area contributed by atoms with Crippen LogP contribution in [0.1, 0.15) is 5.56 Å². The molecule has 0 aromatic carbocycles. The van der Waals surface area contributed by atoms with Gasteiger partial charge in [-0.3, -0.25) is 0 Å². The van der Waals surface area contributed by atoms with Gasteiger partial charge in [-0.1, -0.05) is 6.07 Å². The van der Waals surface area contributed by atoms with E-state index in [0.717, 1.165) is 12.1 Å². The Morgan fingerprint density at radius 3 is 2.95 bits per heavy atom. The summed E-state index contributed by atoms with van der Waals surface area (Å²) < 4.78 is 32.2. The molecule has 0 radical (unpaired) electrons. The Morgan fingerprint density at radius 2 is 2.35 bits per heavy atom. The number of ether oxygens (including phenoxy) is 1. The Balaban J connectivity index is 1.96. The summed E-state index contributed by atoms with van der Waals surface area (Å²) in [6.07, 6.45) is 1.34. The monoisotopic (exact) mass is 300 g/mol. The Hall–Kier alpha value is -1.06. The fraction of sp³-hybridized carbons (Fsp3) is 0.583. The van der Waals surface area contributed by atoms with Crippen LogP contribution in [0.4, 0.5) is 0 Å². The average Bonchev–Trinajstić information content (AvgIpc) is 2.45. The lowest BCUT2D eigenvalue weighted by Gasteiger charge is -2.29. The summed E-state index contributed by atoms with van der Waals surface area (Å²) in [5, 5.41) is -0.00105. The predicted octanol–water partition coefficient (Wildman–Crippen LogP) is -0.851. The van der Waals surface area contributed by atoms with E-state index in [0.29, 0.717) is 19.7 Å². The molecule has 112 valence electrons. The van der Waals surface area contributed by atoms with Gasteiger partial charge in [0.25, 0.3) is 10.0 Å². The lowest BCUT2D eigenvalue weighted by molar-refractivity contribution is -0.0156. The van der Waals surface area contributed by atoms with E-state index in [9.17, 15) is 8.42 Å². The maximum Gasteiger partial charge on any atom is 0.258 e. The number of morpholine rings is 1. The van der Waals surface area contributed by atoms with Crippen molar-refractivity contribution in [3.63, 3.8) is 0 Å². The highest BCUT2D eigenvalue weighted by atomic mass is 32.2. The lowest BCUT2D eigenvalue weighted by atomic mass is 10.3. The van der Waals surface area contributed by atoms with E-state index in [4.69, 9.17) is 10.5 Å². The van der Waals surface area contributed by atoms with Gasteiger partial charge in [0, 0.05) is 32.4 Å². The van der Waals surface area contributed by atoms with Crippen LogP contribution in [0.2, 0.25) is 0 Å². The first-order valence-corrected chi connectivity index (χ1v) is 7.94. The molecular weight excluding hydrogens is 280 g/mol. The highest BCUT2D eigenvalue weighted by molar-refractivity contribution is 7.89. The fourth-order valence-corrected chi connectivity index (χ4v) is 2.95. The quantitative estimate of drug-likeness (QED) is 0.735. The molecular formula is C12H20N4O3S. The molecule has 0 saturated carbocycles. The van der Waals surface area contributed by atoms with Crippen LogP contribution >= 0.6 is 0 Å². The van der Waals surface area contributed by atoms with Crippen molar-refractivity contribution < 1.29 is 13.2 Å². The van der Waals surface area contributed by atoms with Crippen molar-refractivity contribution in [3.05, 3.63) is 23.9 Å². The third-order valence-corrected chi connectivity index (χ3v) is 4.49. The van der Waals surface area contributed by atoms with Crippen LogP contribution in [0.5, 0.6) is 0 Å². The number of aromatic nitrogens is 1. The molecule has 1 saturated heterocycles. The topological polar surface area (TPSA) is 97.5 Å². The Labute approximate surface area is 119 Å². The molecule has 1 aliphatic heterocycles. The lowest BCUT2D eigenvalue weighted by Crippen LogP contribution is -2.45. The smallest absolute Gasteiger partial charge is 0.258 e. The van der Waals surface area contributed by atoms with E-state index in [2.05, 4.69) is 14.6 Å². The number of nitrogens with zero attached hydrogens (tertiary/aromatic N) is 2. The first kappa shape index (κ1) is 15.3. The van der Waals surface area contributed by atoms with Gasteiger partial charge in [0.05, 0.1) is 12.7 Å². The van der Waals surface area contributed by atoms with Crippen LogP contribution in [0.3, 0.4) is 0 Å². The largest absolute Gasteiger partial charge is 0.374 e. The predicted molar refractivity (Wildman–Crippen MR) is 74.6 cm³/mol. The second-order valence-corrected chi connectivity index (χ2v) is 6.53. The number of rotatable bonds is 5. The van der Waals surface area contributed by atoms with Crippen LogP contribution in [0.15, 0.2) is 23.4 Å². The molecule has 0 bridgehead atoms. The zero-order chi connectivity index (χ0) is 14.6. The molecule has 1 aromatic heterocycles. The van der Waals surface area contributed by atoms with E-state index in [1.165, 1.54) is 12.3 Å². The van der Waals surface area contributed by atoms with Crippen molar-refractivity contribution in [2.24, 2.45) is 5.73 Å². The van der Waals surface area contributed by atoms with E-state index in [-0.39, 0.29) is 17.7 Å². The van der Waals surface area contributed by atoms with Crippen molar-refractivity contribution in [3.8, 4) is 0 Å². The van der Waals surface area contributed by atoms with Gasteiger partial charge in [0.1, 0.15) is 0 Å². The Kier molecular flexibility index (Phi) is 5.06. The Morgan fingerprint density at radius 1 is 1.55 bits per heavy atom. The van der Waals surface area contributed by atoms with Gasteiger partial charge in [0.15, 0.2) is 5.03 Å². The normalized spacial score (nSPS) is 21.0. The highest BCUT2D eigenvalue weighted by Crippen LogP contribution is 2.08. The number of nitrogens with one attached hydrogen (secondary N) is 1. The first-order chi connectivity index (χ1) is 9.51. The Bertz CT molecular complexity index is 532. The first-order valence-electron chi connectivity index (χ1n) is 6.46. The fourth-order valence-electron chi connectivity index (χ4n) is 1.96. The van der Waals surface area contributed by atoms with Crippen LogP contribution < -0.4 is 10.5 Å². The van der Waals surface area contributed by atoms with E-state index < -0.39 is 10.0 Å². The molecule has 20 heavy (non-hydrogen) atoms. The van der Waals surface area contributed by atoms with Gasteiger partial charge in [-0.15, -0.1) is 0 Å². The average molecular weight is 300 g/mol. The molecule has 1 unspecified atom stereocenters. The zero-order valence-corrected chi connectivity index (χ0v) is 12.3. The van der Waals surface area contributed by atoms with Crippen LogP contribution in [0.25, 0.3) is 0 Å². The van der Waals surface area contributed by atoms with Crippen molar-refractivity contribution in [2.75, 3.05) is 33.3 Å². The summed E-state index contributed by atoms with van der Waals surface area (Å²) in [4.78, 5) is 6.03. The second-order valence-electron chi connectivity index (χ2n) is 4.82. The van der Waals surface area contributed by atoms with Crippen molar-refractivity contribution in [1.82, 2.24) is 14.6 Å². The van der Waals surface area contributed by atoms with Gasteiger partial charge < -0.3 is 15.4 Å². The molecule has 0 aliphatic carbocycles. The third kappa shape index (κ3) is 3.97. The number of hydrogen-bond acceptors (Lipinski definition) is 6. The van der Waals surface area contributed by atoms with Gasteiger partial charge in [-0.05, 0) is 18.7 Å². The summed E-state index contributed by atoms with van der Waals surface area (Å²) in [6, 6.07) is 3.12. The van der Waals surface area contributed by atoms with Crippen LogP contribution in [-0.4, -0.2) is 57.7 Å². The van der Waals surface area contributed by atoms with Crippen molar-refractivity contribution >= 4 is 10.0 Å². The number of likely N-dealkylation sites (N-methyl/N-ethyl adjacent to an activating group) is 1. The molecule has 0 amide bonds. The number of nitrogens with two attached hydrogens (primary N) is 1. The molecule has 1 aromatic rings. The maximum absolute atomic E-state index is 12.1. The maximum atomic E-state index is 12.1. The molecule has 1 aliphatic rings. The summed E-state index contributed by atoms with van der Waals surface area (Å²) in [5.74, 6) is 0. The van der Waals surface area contributed by atoms with Gasteiger partial charge >= 0.3 is 0 Å². The molecule has 2 heterocycles. The molecule has 7 nitrogen and oxygen atoms in total. The van der Waals surface area contributed by atoms with E-state index in [1.54, 1.807) is 6.07 Å². The van der Waals surface area contributed by atoms with Crippen LogP contribution in [0, 0.1) is 0 Å². The molecule has 1 fully saturated rings. The molecule has 0 spiro atoms. The standard InChI is InChI=1S/C12H20N4O3S/c1-16-4-5-19-11(9-16)8-15-20(17,18)12-3-2-10(6-13)7-14-12/h2-3,7,11,15H,4-6,8-9,13H2,1H3. The minimum Gasteiger partial charge on any atom is -0.374 e. The second kappa shape index (κ2) is 6.59. The number of sulfonamides is 1. The highest BCUT2D eigenvalue weighted by Gasteiger charge is 2.21. The van der Waals surface area contributed by atoms with E-state index in [1.807, 2.05) is 7.05 Å². The van der Waals surface area contributed by atoms with Gasteiger partial charge in [-0.25, -0.2) is 18.1 Å². The minimum atomic E-state index is -3.60. The molecule has 1 atom stereocenters. The number of hydrogen-bond donors (Lipinski definition) is 2. The third-order valence-electron chi connectivity index (χ3n) is 3.15. The number of pyridine rings is 1. The van der Waals surface area contributed by atoms with Crippen molar-refractivity contribution in [2.45, 2.75) is 17.7 Å². The summed E-state index contributed by atoms with van der Waals surface area (Å²) >= 11 is 0. The zero-order valence-electron chi connectivity index (χ0n) is 11.4. The molecule has 3 N–H and O–H groups in total. The molecule has 2 rings (SSSR count). The SMILES string of the molecule is CN1CCOC(CNS(=O)(=O)c2ccc(CN)cn2)C1. The van der Waals surface area contributed by atoms with Crippen molar-refractivity contribution in [1.29, 1.82) is 0 Å².